The van der Waals surface area contributed by atoms with Crippen LogP contribution in [0.4, 0.5) is 5.82 Å². The minimum absolute atomic E-state index is 0.568. The van der Waals surface area contributed by atoms with E-state index < -0.39 is 0 Å². The molecule has 2 nitrogen and oxygen atoms in total. The maximum absolute atomic E-state index is 5.68. The summed E-state index contributed by atoms with van der Waals surface area (Å²) in [5.74, 6) is 0.568. The Kier molecular flexibility index (Phi) is 2.68. The monoisotopic (exact) mass is 198 g/mol. The molecule has 0 saturated carbocycles. The first-order chi connectivity index (χ1) is 7.31. The van der Waals surface area contributed by atoms with E-state index in [1.165, 1.54) is 11.1 Å². The van der Waals surface area contributed by atoms with E-state index in [1.54, 1.807) is 6.07 Å². The molecule has 2 aromatic rings. The van der Waals surface area contributed by atoms with E-state index in [2.05, 4.69) is 30.1 Å². The van der Waals surface area contributed by atoms with Crippen LogP contribution in [0, 0.1) is 0 Å². The number of rotatable bonds is 2. The summed E-state index contributed by atoms with van der Waals surface area (Å²) in [6.45, 7) is 2.14. The van der Waals surface area contributed by atoms with Gasteiger partial charge in [-0.05, 0) is 24.1 Å². The molecule has 1 aromatic heterocycles. The first kappa shape index (κ1) is 9.71. The van der Waals surface area contributed by atoms with Gasteiger partial charge >= 0.3 is 0 Å². The number of aromatic nitrogens is 1. The van der Waals surface area contributed by atoms with Gasteiger partial charge in [0, 0.05) is 5.56 Å². The number of hydrogen-bond donors (Lipinski definition) is 1. The molecule has 0 fully saturated rings. The second kappa shape index (κ2) is 4.13. The number of anilines is 1. The molecule has 0 saturated heterocycles. The van der Waals surface area contributed by atoms with Crippen molar-refractivity contribution < 1.29 is 0 Å². The van der Waals surface area contributed by atoms with E-state index in [4.69, 9.17) is 5.73 Å². The summed E-state index contributed by atoms with van der Waals surface area (Å²) in [5.41, 5.74) is 9.10. The minimum atomic E-state index is 0.568. The molecule has 0 aliphatic carbocycles. The average molecular weight is 198 g/mol. The minimum Gasteiger partial charge on any atom is -0.384 e. The summed E-state index contributed by atoms with van der Waals surface area (Å²) >= 11 is 0. The lowest BCUT2D eigenvalue weighted by Gasteiger charge is -2.06. The third-order valence-electron chi connectivity index (χ3n) is 2.44. The summed E-state index contributed by atoms with van der Waals surface area (Å²) in [6, 6.07) is 14.0. The first-order valence-electron chi connectivity index (χ1n) is 5.12. The molecule has 2 heteroatoms. The zero-order valence-electron chi connectivity index (χ0n) is 8.77. The Hall–Kier alpha value is -1.83. The predicted molar refractivity (Wildman–Crippen MR) is 63.5 cm³/mol. The second-order valence-corrected chi connectivity index (χ2v) is 3.46. The smallest absolute Gasteiger partial charge is 0.124 e. The molecule has 1 heterocycles. The molecule has 2 rings (SSSR count). The molecular formula is C13H14N2. The average Bonchev–Trinajstić information content (AvgIpc) is 2.29. The molecule has 0 radical (unpaired) electrons. The van der Waals surface area contributed by atoms with Gasteiger partial charge in [-0.2, -0.15) is 0 Å². The molecule has 0 spiro atoms. The molecule has 1 aromatic carbocycles. The van der Waals surface area contributed by atoms with Gasteiger partial charge in [0.25, 0.3) is 0 Å². The number of nitrogen functional groups attached to an aromatic ring is 1. The highest BCUT2D eigenvalue weighted by Gasteiger charge is 2.03. The molecule has 0 amide bonds. The molecule has 0 bridgehead atoms. The van der Waals surface area contributed by atoms with Gasteiger partial charge < -0.3 is 5.73 Å². The first-order valence-corrected chi connectivity index (χ1v) is 5.12. The maximum Gasteiger partial charge on any atom is 0.124 e. The van der Waals surface area contributed by atoms with E-state index in [-0.39, 0.29) is 0 Å². The van der Waals surface area contributed by atoms with Gasteiger partial charge in [0.2, 0.25) is 0 Å². The van der Waals surface area contributed by atoms with Gasteiger partial charge in [-0.1, -0.05) is 37.3 Å². The molecule has 0 aliphatic heterocycles. The number of hydrogen-bond acceptors (Lipinski definition) is 2. The van der Waals surface area contributed by atoms with Gasteiger partial charge in [-0.3, -0.25) is 0 Å². The number of nitrogens with two attached hydrogens (primary N) is 1. The highest BCUT2D eigenvalue weighted by molar-refractivity contribution is 5.64. The molecule has 2 N–H and O–H groups in total. The molecule has 0 atom stereocenters. The Labute approximate surface area is 89.8 Å². The zero-order chi connectivity index (χ0) is 10.7. The van der Waals surface area contributed by atoms with Gasteiger partial charge in [0.1, 0.15) is 5.82 Å². The standard InChI is InChI=1S/C13H14N2/c1-2-10-6-3-4-7-11(10)12-8-5-9-13(14)15-12/h3-9H,2H2,1H3,(H2,14,15). The van der Waals surface area contributed by atoms with Crippen LogP contribution >= 0.6 is 0 Å². The quantitative estimate of drug-likeness (QED) is 0.805. The van der Waals surface area contributed by atoms with Gasteiger partial charge in [0.05, 0.1) is 5.69 Å². The van der Waals surface area contributed by atoms with E-state index in [1.807, 2.05) is 18.2 Å². The van der Waals surface area contributed by atoms with Crippen molar-refractivity contribution >= 4 is 5.82 Å². The van der Waals surface area contributed by atoms with Crippen molar-refractivity contribution in [1.29, 1.82) is 0 Å². The summed E-state index contributed by atoms with van der Waals surface area (Å²) in [7, 11) is 0. The van der Waals surface area contributed by atoms with E-state index in [9.17, 15) is 0 Å². The van der Waals surface area contributed by atoms with Crippen LogP contribution in [0.1, 0.15) is 12.5 Å². The van der Waals surface area contributed by atoms with Crippen LogP contribution in [-0.2, 0) is 6.42 Å². The van der Waals surface area contributed by atoms with E-state index in [0.29, 0.717) is 5.82 Å². The van der Waals surface area contributed by atoms with Gasteiger partial charge in [-0.25, -0.2) is 4.98 Å². The Morgan fingerprint density at radius 2 is 1.87 bits per heavy atom. The largest absolute Gasteiger partial charge is 0.384 e. The summed E-state index contributed by atoms with van der Waals surface area (Å²) in [6.07, 6.45) is 1.01. The fraction of sp³-hybridized carbons (Fsp3) is 0.154. The van der Waals surface area contributed by atoms with Gasteiger partial charge in [0.15, 0.2) is 0 Å². The van der Waals surface area contributed by atoms with Crippen LogP contribution in [0.15, 0.2) is 42.5 Å². The zero-order valence-corrected chi connectivity index (χ0v) is 8.77. The van der Waals surface area contributed by atoms with Crippen LogP contribution in [0.5, 0.6) is 0 Å². The van der Waals surface area contributed by atoms with Crippen LogP contribution < -0.4 is 5.73 Å². The lowest BCUT2D eigenvalue weighted by Crippen LogP contribution is -1.93. The van der Waals surface area contributed by atoms with Crippen molar-refractivity contribution in [3.63, 3.8) is 0 Å². The normalized spacial score (nSPS) is 10.2. The Bertz CT molecular complexity index is 464. The number of pyridine rings is 1. The maximum atomic E-state index is 5.68. The third-order valence-corrected chi connectivity index (χ3v) is 2.44. The number of benzene rings is 1. The van der Waals surface area contributed by atoms with Crippen LogP contribution in [-0.4, -0.2) is 4.98 Å². The highest BCUT2D eigenvalue weighted by atomic mass is 14.8. The lowest BCUT2D eigenvalue weighted by molar-refractivity contribution is 1.14. The van der Waals surface area contributed by atoms with Crippen LogP contribution in [0.25, 0.3) is 11.3 Å². The van der Waals surface area contributed by atoms with Crippen molar-refractivity contribution in [2.75, 3.05) is 5.73 Å². The van der Waals surface area contributed by atoms with E-state index >= 15 is 0 Å². The van der Waals surface area contributed by atoms with Crippen molar-refractivity contribution in [2.24, 2.45) is 0 Å². The summed E-state index contributed by atoms with van der Waals surface area (Å²) in [4.78, 5) is 4.33. The molecule has 0 aliphatic rings. The SMILES string of the molecule is CCc1ccccc1-c1cccc(N)n1. The fourth-order valence-electron chi connectivity index (χ4n) is 1.68. The third kappa shape index (κ3) is 1.99. The summed E-state index contributed by atoms with van der Waals surface area (Å²) < 4.78 is 0. The van der Waals surface area contributed by atoms with Crippen molar-refractivity contribution in [1.82, 2.24) is 4.98 Å². The Morgan fingerprint density at radius 1 is 1.07 bits per heavy atom. The number of nitrogens with zero attached hydrogens (tertiary/aromatic N) is 1. The number of aryl methyl sites for hydroxylation is 1. The van der Waals surface area contributed by atoms with Crippen molar-refractivity contribution in [3.8, 4) is 11.3 Å². The molecule has 0 unspecified atom stereocenters. The summed E-state index contributed by atoms with van der Waals surface area (Å²) in [5, 5.41) is 0. The fourth-order valence-corrected chi connectivity index (χ4v) is 1.68. The van der Waals surface area contributed by atoms with Gasteiger partial charge in [-0.15, -0.1) is 0 Å². The van der Waals surface area contributed by atoms with Crippen LogP contribution in [0.3, 0.4) is 0 Å². The molecule has 15 heavy (non-hydrogen) atoms. The Morgan fingerprint density at radius 3 is 2.60 bits per heavy atom. The van der Waals surface area contributed by atoms with E-state index in [0.717, 1.165) is 12.1 Å². The van der Waals surface area contributed by atoms with Crippen LogP contribution in [0.2, 0.25) is 0 Å². The van der Waals surface area contributed by atoms with Crippen molar-refractivity contribution in [2.45, 2.75) is 13.3 Å². The highest BCUT2D eigenvalue weighted by Crippen LogP contribution is 2.22. The van der Waals surface area contributed by atoms with Crippen molar-refractivity contribution in [3.05, 3.63) is 48.0 Å². The topological polar surface area (TPSA) is 38.9 Å². The molecular weight excluding hydrogens is 184 g/mol. The Balaban J connectivity index is 2.53. The lowest BCUT2D eigenvalue weighted by atomic mass is 10.0. The second-order valence-electron chi connectivity index (χ2n) is 3.46. The molecule has 76 valence electrons. The predicted octanol–water partition coefficient (Wildman–Crippen LogP) is 2.89.